The van der Waals surface area contributed by atoms with Crippen molar-refractivity contribution in [3.05, 3.63) is 71.7 Å². The number of sulfonamides is 1. The number of phosphoric acid groups is 1. The van der Waals surface area contributed by atoms with Crippen molar-refractivity contribution in [3.63, 3.8) is 0 Å². The van der Waals surface area contributed by atoms with Crippen LogP contribution in [0.5, 0.6) is 0 Å². The molecule has 0 aliphatic carbocycles. The molecule has 0 spiro atoms. The van der Waals surface area contributed by atoms with Gasteiger partial charge in [-0.1, -0.05) is 0 Å². The van der Waals surface area contributed by atoms with Crippen molar-refractivity contribution in [2.75, 3.05) is 7.11 Å². The lowest BCUT2D eigenvalue weighted by Gasteiger charge is -2.31. The van der Waals surface area contributed by atoms with Crippen molar-refractivity contribution in [1.82, 2.24) is 24.3 Å². The lowest BCUT2D eigenvalue weighted by atomic mass is 10.1. The Labute approximate surface area is 260 Å². The zero-order valence-electron chi connectivity index (χ0n) is 23.8. The first-order valence-electron chi connectivity index (χ1n) is 12.9. The fraction of sp³-hybridized carbons (Fsp3) is 0.360. The fourth-order valence-corrected chi connectivity index (χ4v) is 6.81. The first-order valence-corrected chi connectivity index (χ1v) is 15.9. The average Bonchev–Trinajstić information content (AvgIpc) is 3.29. The number of amides is 1. The summed E-state index contributed by atoms with van der Waals surface area (Å²) in [5.74, 6) is -3.99. The Morgan fingerprint density at radius 2 is 1.66 bits per heavy atom. The molecule has 3 aromatic rings. The van der Waals surface area contributed by atoms with Crippen LogP contribution >= 0.6 is 7.82 Å². The van der Waals surface area contributed by atoms with Gasteiger partial charge in [0.2, 0.25) is 15.8 Å². The summed E-state index contributed by atoms with van der Waals surface area (Å²) >= 11 is 0. The average molecular weight is 720 g/mol. The van der Waals surface area contributed by atoms with E-state index in [-0.39, 0.29) is 16.8 Å². The van der Waals surface area contributed by atoms with E-state index in [1.807, 2.05) is 0 Å². The Morgan fingerprint density at radius 1 is 1.06 bits per heavy atom. The number of halogens is 8. The van der Waals surface area contributed by atoms with E-state index in [2.05, 4.69) is 19.5 Å². The smallest absolute Gasteiger partial charge is 0.301 e. The lowest BCUT2D eigenvalue weighted by Crippen LogP contribution is -2.49. The summed E-state index contributed by atoms with van der Waals surface area (Å²) in [4.78, 5) is 33.0. The highest BCUT2D eigenvalue weighted by Gasteiger charge is 2.51. The van der Waals surface area contributed by atoms with Gasteiger partial charge < -0.3 is 4.89 Å². The van der Waals surface area contributed by atoms with Gasteiger partial charge in [0.15, 0.2) is 0 Å². The van der Waals surface area contributed by atoms with E-state index in [4.69, 9.17) is 4.62 Å². The summed E-state index contributed by atoms with van der Waals surface area (Å²) < 4.78 is 158. The second-order valence-electron chi connectivity index (χ2n) is 9.92. The number of pyridine rings is 1. The third-order valence-electron chi connectivity index (χ3n) is 6.84. The molecule has 47 heavy (non-hydrogen) atoms. The van der Waals surface area contributed by atoms with E-state index in [0.717, 1.165) is 31.2 Å². The third kappa shape index (κ3) is 7.92. The van der Waals surface area contributed by atoms with Crippen LogP contribution in [0.4, 0.5) is 35.1 Å². The van der Waals surface area contributed by atoms with Gasteiger partial charge in [0, 0.05) is 37.7 Å². The molecule has 1 aliphatic rings. The number of hydrogen-bond acceptors (Lipinski definition) is 9. The van der Waals surface area contributed by atoms with E-state index < -0.39 is 101 Å². The molecule has 0 bridgehead atoms. The maximum absolute atomic E-state index is 15.0. The summed E-state index contributed by atoms with van der Waals surface area (Å²) in [6, 6.07) is 0.224. The highest BCUT2D eigenvalue weighted by molar-refractivity contribution is 7.89. The van der Waals surface area contributed by atoms with E-state index >= 15 is 0 Å². The Kier molecular flexibility index (Phi) is 10.1. The molecule has 1 saturated heterocycles. The number of benzene rings is 1. The second-order valence-corrected chi connectivity index (χ2v) is 13.2. The number of alkyl halides is 7. The van der Waals surface area contributed by atoms with E-state index in [0.29, 0.717) is 29.9 Å². The standard InChI is InChI=1S/C25H22F8N5O7PS/c1-13-19(27)8-21(38(13)47(42,43)17-5-3-16(26)4-6-17)22(39)37(45-46(40,41)44-2)12-14-7-20(34-11-18(14)24(28,29)30)15-9-35-23(36-10-15)25(31,32)33/h3-7,9-11,13,19,21H,8,12H2,1-2H3,(H,40,41)/t13-,19+,21-/m0/s1. The van der Waals surface area contributed by atoms with Gasteiger partial charge in [0.1, 0.15) is 18.0 Å². The molecule has 1 amide bonds. The normalized spacial score (nSPS) is 20.6. The van der Waals surface area contributed by atoms with Crippen molar-refractivity contribution in [1.29, 1.82) is 0 Å². The molecule has 1 aliphatic heterocycles. The molecule has 22 heteroatoms. The van der Waals surface area contributed by atoms with Crippen LogP contribution in [0.3, 0.4) is 0 Å². The van der Waals surface area contributed by atoms with Crippen LogP contribution in [0.1, 0.15) is 30.3 Å². The molecular weight excluding hydrogens is 697 g/mol. The number of hydroxylamine groups is 2. The molecule has 0 radical (unpaired) electrons. The molecule has 4 rings (SSSR count). The summed E-state index contributed by atoms with van der Waals surface area (Å²) in [6.07, 6.45) is -11.6. The maximum atomic E-state index is 15.0. The predicted molar refractivity (Wildman–Crippen MR) is 142 cm³/mol. The highest BCUT2D eigenvalue weighted by atomic mass is 32.2. The summed E-state index contributed by atoms with van der Waals surface area (Å²) in [5, 5.41) is -0.121. The van der Waals surface area contributed by atoms with Gasteiger partial charge in [-0.05, 0) is 42.8 Å². The SMILES string of the molecule is COP(=O)(O)ON(Cc1cc(-c2cnc(C(F)(F)F)nc2)ncc1C(F)(F)F)C(=O)[C@@H]1C[C@@H](F)[C@H](C)N1S(=O)(=O)c1ccc(F)cc1. The minimum absolute atomic E-state index is 0.121. The number of rotatable bonds is 9. The van der Waals surface area contributed by atoms with Crippen LogP contribution < -0.4 is 0 Å². The highest BCUT2D eigenvalue weighted by Crippen LogP contribution is 2.45. The first-order chi connectivity index (χ1) is 21.7. The van der Waals surface area contributed by atoms with Crippen molar-refractivity contribution in [3.8, 4) is 11.3 Å². The maximum Gasteiger partial charge on any atom is 0.493 e. The molecule has 256 valence electrons. The molecule has 1 aromatic carbocycles. The van der Waals surface area contributed by atoms with Crippen molar-refractivity contribution in [2.24, 2.45) is 0 Å². The van der Waals surface area contributed by atoms with E-state index in [1.165, 1.54) is 0 Å². The summed E-state index contributed by atoms with van der Waals surface area (Å²) in [5.41, 5.74) is -3.20. The minimum Gasteiger partial charge on any atom is -0.301 e. The Bertz CT molecular complexity index is 1780. The fourth-order valence-electron chi connectivity index (χ4n) is 4.56. The Balaban J connectivity index is 1.79. The van der Waals surface area contributed by atoms with Gasteiger partial charge in [-0.2, -0.15) is 35.3 Å². The molecule has 1 N–H and O–H groups in total. The molecule has 12 nitrogen and oxygen atoms in total. The van der Waals surface area contributed by atoms with Crippen LogP contribution in [0.2, 0.25) is 0 Å². The molecule has 2 aromatic heterocycles. The molecule has 1 fully saturated rings. The topological polar surface area (TPSA) is 152 Å². The van der Waals surface area contributed by atoms with Crippen LogP contribution in [-0.2, 0) is 47.4 Å². The van der Waals surface area contributed by atoms with Gasteiger partial charge in [0.25, 0.3) is 5.91 Å². The third-order valence-corrected chi connectivity index (χ3v) is 9.72. The number of aromatic nitrogens is 3. The summed E-state index contributed by atoms with van der Waals surface area (Å²) in [7, 11) is -9.44. The van der Waals surface area contributed by atoms with Gasteiger partial charge in [-0.15, -0.1) is 0 Å². The van der Waals surface area contributed by atoms with Crippen LogP contribution in [-0.4, -0.2) is 68.9 Å². The van der Waals surface area contributed by atoms with E-state index in [1.54, 1.807) is 0 Å². The van der Waals surface area contributed by atoms with E-state index in [9.17, 15) is 57.8 Å². The lowest BCUT2D eigenvalue weighted by molar-refractivity contribution is -0.169. The second kappa shape index (κ2) is 13.1. The van der Waals surface area contributed by atoms with Crippen molar-refractivity contribution in [2.45, 2.75) is 55.4 Å². The first kappa shape index (κ1) is 36.2. The largest absolute Gasteiger partial charge is 0.493 e. The van der Waals surface area contributed by atoms with Crippen molar-refractivity contribution >= 4 is 23.8 Å². The van der Waals surface area contributed by atoms with Crippen LogP contribution in [0.15, 0.2) is 53.8 Å². The van der Waals surface area contributed by atoms with Crippen molar-refractivity contribution < 1.29 is 66.9 Å². The van der Waals surface area contributed by atoms with Gasteiger partial charge >= 0.3 is 20.2 Å². The Morgan fingerprint density at radius 3 is 2.19 bits per heavy atom. The zero-order chi connectivity index (χ0) is 35.1. The molecule has 0 saturated carbocycles. The number of carbonyl (C=O) groups is 1. The summed E-state index contributed by atoms with van der Waals surface area (Å²) in [6.45, 7) is -0.287. The zero-order valence-corrected chi connectivity index (χ0v) is 25.5. The molecule has 1 unspecified atom stereocenters. The number of carbonyl (C=O) groups excluding carboxylic acids is 1. The number of hydrogen-bond donors (Lipinski definition) is 1. The monoisotopic (exact) mass is 719 g/mol. The Hall–Kier alpha value is -3.62. The van der Waals surface area contributed by atoms with Crippen LogP contribution in [0, 0.1) is 5.82 Å². The molecular formula is C25H22F8N5O7PS. The number of phosphoric ester groups is 1. The minimum atomic E-state index is -5.28. The van der Waals surface area contributed by atoms with Gasteiger partial charge in [-0.25, -0.2) is 36.8 Å². The molecule has 4 atom stereocenters. The van der Waals surface area contributed by atoms with Crippen LogP contribution in [0.25, 0.3) is 11.3 Å². The van der Waals surface area contributed by atoms with Gasteiger partial charge in [-0.3, -0.25) is 14.3 Å². The quantitative estimate of drug-likeness (QED) is 0.184. The predicted octanol–water partition coefficient (Wildman–Crippen LogP) is 4.91. The number of nitrogens with zero attached hydrogens (tertiary/aromatic N) is 5. The van der Waals surface area contributed by atoms with Gasteiger partial charge in [0.05, 0.1) is 28.7 Å². The molecule has 3 heterocycles.